The molecular weight excluding hydrogens is 252 g/mol. The lowest BCUT2D eigenvalue weighted by molar-refractivity contribution is 0.384. The van der Waals surface area contributed by atoms with Crippen LogP contribution in [-0.2, 0) is 0 Å². The van der Waals surface area contributed by atoms with Crippen LogP contribution in [-0.4, -0.2) is 35.1 Å². The van der Waals surface area contributed by atoms with Crippen LogP contribution >= 0.6 is 0 Å². The van der Waals surface area contributed by atoms with E-state index in [0.717, 1.165) is 0 Å². The van der Waals surface area contributed by atoms with Gasteiger partial charge in [0, 0.05) is 5.69 Å². The molecule has 5 N–H and O–H groups in total. The van der Waals surface area contributed by atoms with Gasteiger partial charge in [-0.3, -0.25) is 0 Å². The second-order valence-corrected chi connectivity index (χ2v) is 3.72. The Hall–Kier alpha value is -3.10. The first-order valence-corrected chi connectivity index (χ1v) is 5.23. The van der Waals surface area contributed by atoms with Crippen LogP contribution in [0.25, 0.3) is 11.0 Å². The van der Waals surface area contributed by atoms with Crippen molar-refractivity contribution in [2.24, 2.45) is 0 Å². The van der Waals surface area contributed by atoms with E-state index in [4.69, 9.17) is 10.2 Å². The molecule has 0 aliphatic heterocycles. The molecule has 9 heteroatoms. The van der Waals surface area contributed by atoms with Gasteiger partial charge in [-0.1, -0.05) is 0 Å². The molecule has 0 spiro atoms. The normalized spacial score (nSPS) is 10.7. The van der Waals surface area contributed by atoms with Gasteiger partial charge in [0.05, 0.1) is 11.0 Å². The first-order chi connectivity index (χ1) is 9.10. The summed E-state index contributed by atoms with van der Waals surface area (Å²) < 4.78 is 0. The predicted octanol–water partition coefficient (Wildman–Crippen LogP) is 0.196. The Morgan fingerprint density at radius 2 is 1.68 bits per heavy atom. The molecule has 0 saturated heterocycles. The number of imidazole rings is 1. The second-order valence-electron chi connectivity index (χ2n) is 3.72. The third kappa shape index (κ3) is 2.16. The van der Waals surface area contributed by atoms with Gasteiger partial charge in [0.1, 0.15) is 0 Å². The molecule has 2 aromatic heterocycles. The van der Waals surface area contributed by atoms with Crippen LogP contribution in [0.5, 0.6) is 12.0 Å². The quantitative estimate of drug-likeness (QED) is 0.443. The fourth-order valence-corrected chi connectivity index (χ4v) is 1.65. The number of aromatic nitrogens is 5. The molecular formula is C10H8N6O3. The number of anilines is 2. The summed E-state index contributed by atoms with van der Waals surface area (Å²) in [5, 5.41) is 21.0. The summed E-state index contributed by atoms with van der Waals surface area (Å²) in [4.78, 5) is 26.7. The molecule has 19 heavy (non-hydrogen) atoms. The SMILES string of the molecule is O=c1[nH]c2ccc(Nc3nc(O)nc(O)n3)cc2[nH]1. The zero-order chi connectivity index (χ0) is 13.4. The fourth-order valence-electron chi connectivity index (χ4n) is 1.65. The van der Waals surface area contributed by atoms with Crippen LogP contribution < -0.4 is 11.0 Å². The second kappa shape index (κ2) is 3.98. The molecule has 0 bridgehead atoms. The summed E-state index contributed by atoms with van der Waals surface area (Å²) in [6.07, 6.45) is 0. The Labute approximate surface area is 105 Å². The molecule has 9 nitrogen and oxygen atoms in total. The van der Waals surface area contributed by atoms with E-state index >= 15 is 0 Å². The van der Waals surface area contributed by atoms with Crippen molar-refractivity contribution >= 4 is 22.7 Å². The molecule has 0 aliphatic carbocycles. The largest absolute Gasteiger partial charge is 0.479 e. The third-order valence-electron chi connectivity index (χ3n) is 2.38. The summed E-state index contributed by atoms with van der Waals surface area (Å²) in [6.45, 7) is 0. The predicted molar refractivity (Wildman–Crippen MR) is 65.4 cm³/mol. The Bertz CT molecular complexity index is 788. The number of aromatic amines is 2. The van der Waals surface area contributed by atoms with E-state index in [1.807, 2.05) is 0 Å². The average Bonchev–Trinajstić information content (AvgIpc) is 2.67. The van der Waals surface area contributed by atoms with Crippen molar-refractivity contribution < 1.29 is 10.2 Å². The number of aromatic hydroxyl groups is 2. The van der Waals surface area contributed by atoms with Crippen LogP contribution in [0.1, 0.15) is 0 Å². The Balaban J connectivity index is 1.98. The van der Waals surface area contributed by atoms with Crippen LogP contribution in [0.15, 0.2) is 23.0 Å². The summed E-state index contributed by atoms with van der Waals surface area (Å²) in [7, 11) is 0. The van der Waals surface area contributed by atoms with Crippen LogP contribution in [0, 0.1) is 0 Å². The van der Waals surface area contributed by atoms with E-state index in [1.54, 1.807) is 18.2 Å². The van der Waals surface area contributed by atoms with Gasteiger partial charge in [-0.2, -0.15) is 9.97 Å². The van der Waals surface area contributed by atoms with Crippen molar-refractivity contribution in [3.63, 3.8) is 0 Å². The van der Waals surface area contributed by atoms with Gasteiger partial charge in [0.25, 0.3) is 0 Å². The van der Waals surface area contributed by atoms with Crippen molar-refractivity contribution in [3.8, 4) is 12.0 Å². The van der Waals surface area contributed by atoms with Gasteiger partial charge in [0.15, 0.2) is 0 Å². The highest BCUT2D eigenvalue weighted by atomic mass is 16.3. The highest BCUT2D eigenvalue weighted by molar-refractivity contribution is 5.79. The minimum Gasteiger partial charge on any atom is -0.479 e. The number of fused-ring (bicyclic) bond motifs is 1. The summed E-state index contributed by atoms with van der Waals surface area (Å²) in [6, 6.07) is 3.85. The van der Waals surface area contributed by atoms with Crippen molar-refractivity contribution in [1.29, 1.82) is 0 Å². The van der Waals surface area contributed by atoms with E-state index in [9.17, 15) is 4.79 Å². The monoisotopic (exact) mass is 260 g/mol. The molecule has 0 unspecified atom stereocenters. The van der Waals surface area contributed by atoms with Gasteiger partial charge in [-0.25, -0.2) is 4.79 Å². The molecule has 0 aliphatic rings. The number of H-pyrrole nitrogens is 2. The third-order valence-corrected chi connectivity index (χ3v) is 2.38. The molecule has 0 amide bonds. The van der Waals surface area contributed by atoms with E-state index in [2.05, 4.69) is 30.2 Å². The summed E-state index contributed by atoms with van der Waals surface area (Å²) in [5.74, 6) is -0.0118. The number of nitrogens with zero attached hydrogens (tertiary/aromatic N) is 3. The smallest absolute Gasteiger partial charge is 0.323 e. The molecule has 96 valence electrons. The fraction of sp³-hybridized carbons (Fsp3) is 0. The van der Waals surface area contributed by atoms with E-state index < -0.39 is 12.0 Å². The minimum absolute atomic E-state index is 0.0118. The summed E-state index contributed by atoms with van der Waals surface area (Å²) in [5.41, 5.74) is 1.55. The molecule has 0 radical (unpaired) electrons. The zero-order valence-corrected chi connectivity index (χ0v) is 9.38. The van der Waals surface area contributed by atoms with E-state index in [1.165, 1.54) is 0 Å². The van der Waals surface area contributed by atoms with E-state index in [-0.39, 0.29) is 11.6 Å². The first-order valence-electron chi connectivity index (χ1n) is 5.23. The van der Waals surface area contributed by atoms with Gasteiger partial charge in [-0.15, -0.1) is 4.98 Å². The number of nitrogens with one attached hydrogen (secondary N) is 3. The van der Waals surface area contributed by atoms with Crippen molar-refractivity contribution in [1.82, 2.24) is 24.9 Å². The van der Waals surface area contributed by atoms with Gasteiger partial charge in [-0.05, 0) is 18.2 Å². The number of rotatable bonds is 2. The highest BCUT2D eigenvalue weighted by Crippen LogP contribution is 2.19. The molecule has 0 saturated carbocycles. The first kappa shape index (κ1) is 11.0. The standard InChI is InChI=1S/C10H8N6O3/c17-8-12-5-2-1-4(3-6(5)13-8)11-7-14-9(18)16-10(19)15-7/h1-3H,(H2,12,13,17)(H3,11,14,15,16,18,19). The number of hydrogen-bond donors (Lipinski definition) is 5. The highest BCUT2D eigenvalue weighted by Gasteiger charge is 2.05. The Morgan fingerprint density at radius 1 is 1.00 bits per heavy atom. The molecule has 3 aromatic rings. The molecule has 1 aromatic carbocycles. The Morgan fingerprint density at radius 3 is 2.42 bits per heavy atom. The summed E-state index contributed by atoms with van der Waals surface area (Å²) >= 11 is 0. The molecule has 0 atom stereocenters. The lowest BCUT2D eigenvalue weighted by Gasteiger charge is -2.04. The van der Waals surface area contributed by atoms with Gasteiger partial charge >= 0.3 is 17.7 Å². The maximum absolute atomic E-state index is 11.1. The maximum Gasteiger partial charge on any atom is 0.323 e. The van der Waals surface area contributed by atoms with Crippen molar-refractivity contribution in [2.45, 2.75) is 0 Å². The Kier molecular flexibility index (Phi) is 2.31. The number of hydrogen-bond acceptors (Lipinski definition) is 7. The average molecular weight is 260 g/mol. The number of benzene rings is 1. The lowest BCUT2D eigenvalue weighted by Crippen LogP contribution is -1.99. The lowest BCUT2D eigenvalue weighted by atomic mass is 10.3. The van der Waals surface area contributed by atoms with Crippen LogP contribution in [0.2, 0.25) is 0 Å². The van der Waals surface area contributed by atoms with Gasteiger partial charge < -0.3 is 25.5 Å². The topological polar surface area (TPSA) is 140 Å². The zero-order valence-electron chi connectivity index (χ0n) is 9.38. The molecule has 3 rings (SSSR count). The van der Waals surface area contributed by atoms with Crippen LogP contribution in [0.4, 0.5) is 11.6 Å². The van der Waals surface area contributed by atoms with E-state index in [0.29, 0.717) is 16.7 Å². The minimum atomic E-state index is -0.592. The van der Waals surface area contributed by atoms with Crippen molar-refractivity contribution in [3.05, 3.63) is 28.7 Å². The van der Waals surface area contributed by atoms with Crippen LogP contribution in [0.3, 0.4) is 0 Å². The molecule has 2 heterocycles. The maximum atomic E-state index is 11.1. The molecule has 0 fully saturated rings. The van der Waals surface area contributed by atoms with Gasteiger partial charge in [0.2, 0.25) is 5.95 Å². The van der Waals surface area contributed by atoms with Crippen molar-refractivity contribution in [2.75, 3.05) is 5.32 Å².